The average Bonchev–Trinajstić information content (AvgIpc) is 3.63. The molecule has 0 saturated carbocycles. The lowest BCUT2D eigenvalue weighted by Gasteiger charge is -2.24. The number of hydrogen-bond donors (Lipinski definition) is 0. The van der Waals surface area contributed by atoms with Crippen LogP contribution in [0.1, 0.15) is 24.1 Å². The second-order valence-electron chi connectivity index (χ2n) is 10.2. The van der Waals surface area contributed by atoms with Crippen molar-refractivity contribution in [3.8, 4) is 22.7 Å². The Labute approximate surface area is 268 Å². The number of ether oxygens (including phenoxy) is 2. The van der Waals surface area contributed by atoms with Crippen molar-refractivity contribution in [2.75, 3.05) is 20.0 Å². The summed E-state index contributed by atoms with van der Waals surface area (Å²) in [5.41, 5.74) is 4.62. The molecule has 5 aromatic rings. The number of thioether (sulfide) groups is 1. The Balaban J connectivity index is 1.52. The molecule has 3 heterocycles. The van der Waals surface area contributed by atoms with Crippen LogP contribution in [0.5, 0.6) is 5.75 Å². The van der Waals surface area contributed by atoms with Gasteiger partial charge in [0, 0.05) is 22.2 Å². The van der Waals surface area contributed by atoms with E-state index in [1.807, 2.05) is 97.4 Å². The SMILES string of the molecule is C=CCOc1ccc(-c2nn(-c3ccccc3)cc2C=c2sc3n(c2=O)C(c2ccc(SC)cc2)C(C(=O)OC)=C(C)N=3)cc1. The minimum Gasteiger partial charge on any atom is -0.490 e. The van der Waals surface area contributed by atoms with Gasteiger partial charge in [0.15, 0.2) is 4.80 Å². The van der Waals surface area contributed by atoms with E-state index in [9.17, 15) is 9.59 Å². The van der Waals surface area contributed by atoms with Gasteiger partial charge in [-0.05, 0) is 73.3 Å². The van der Waals surface area contributed by atoms with E-state index in [1.54, 1.807) is 34.0 Å². The van der Waals surface area contributed by atoms with Crippen LogP contribution in [0, 0.1) is 0 Å². The minimum absolute atomic E-state index is 0.252. The molecule has 8 nitrogen and oxygen atoms in total. The fourth-order valence-corrected chi connectivity index (χ4v) is 6.68. The van der Waals surface area contributed by atoms with E-state index >= 15 is 0 Å². The largest absolute Gasteiger partial charge is 0.490 e. The number of carbonyl (C=O) groups excluding carboxylic acids is 1. The highest BCUT2D eigenvalue weighted by molar-refractivity contribution is 7.98. The third kappa shape index (κ3) is 5.94. The molecule has 0 fully saturated rings. The number of rotatable bonds is 9. The Kier molecular flexibility index (Phi) is 8.68. The molecule has 0 amide bonds. The Hall–Kier alpha value is -4.93. The zero-order valence-corrected chi connectivity index (χ0v) is 26.6. The summed E-state index contributed by atoms with van der Waals surface area (Å²) in [5, 5.41) is 4.92. The Morgan fingerprint density at radius 2 is 1.80 bits per heavy atom. The number of nitrogens with zero attached hydrogens (tertiary/aromatic N) is 4. The summed E-state index contributed by atoms with van der Waals surface area (Å²) in [6.07, 6.45) is 7.46. The predicted molar refractivity (Wildman–Crippen MR) is 179 cm³/mol. The first-order valence-corrected chi connectivity index (χ1v) is 16.2. The van der Waals surface area contributed by atoms with E-state index in [1.165, 1.54) is 18.4 Å². The van der Waals surface area contributed by atoms with Gasteiger partial charge in [0.2, 0.25) is 0 Å². The van der Waals surface area contributed by atoms with Crippen molar-refractivity contribution in [2.45, 2.75) is 17.9 Å². The first-order chi connectivity index (χ1) is 21.9. The molecular weight excluding hydrogens is 605 g/mol. The van der Waals surface area contributed by atoms with Gasteiger partial charge in [-0.25, -0.2) is 14.5 Å². The molecule has 226 valence electrons. The third-order valence-corrected chi connectivity index (χ3v) is 9.13. The fraction of sp³-hybridized carbons (Fsp3) is 0.143. The number of hydrogen-bond acceptors (Lipinski definition) is 8. The van der Waals surface area contributed by atoms with Gasteiger partial charge < -0.3 is 9.47 Å². The molecule has 0 spiro atoms. The van der Waals surface area contributed by atoms with Crippen molar-refractivity contribution >= 4 is 35.1 Å². The zero-order valence-electron chi connectivity index (χ0n) is 25.0. The smallest absolute Gasteiger partial charge is 0.338 e. The number of carbonyl (C=O) groups is 1. The number of aromatic nitrogens is 3. The van der Waals surface area contributed by atoms with E-state index in [-0.39, 0.29) is 5.56 Å². The summed E-state index contributed by atoms with van der Waals surface area (Å²) in [6, 6.07) is 24.6. The molecule has 0 saturated heterocycles. The molecule has 3 aromatic carbocycles. The van der Waals surface area contributed by atoms with Crippen LogP contribution in [-0.4, -0.2) is 40.3 Å². The normalized spacial score (nSPS) is 14.6. The third-order valence-electron chi connectivity index (χ3n) is 7.40. The van der Waals surface area contributed by atoms with E-state index in [4.69, 9.17) is 19.6 Å². The Bertz CT molecular complexity index is 2090. The molecule has 0 aliphatic carbocycles. The maximum Gasteiger partial charge on any atom is 0.338 e. The van der Waals surface area contributed by atoms with E-state index in [2.05, 4.69) is 6.58 Å². The molecule has 1 aliphatic rings. The summed E-state index contributed by atoms with van der Waals surface area (Å²) in [4.78, 5) is 33.5. The number of methoxy groups -OCH3 is 1. The molecule has 0 N–H and O–H groups in total. The molecule has 45 heavy (non-hydrogen) atoms. The number of allylic oxidation sites excluding steroid dienone is 1. The first kappa shape index (κ1) is 30.1. The fourth-order valence-electron chi connectivity index (χ4n) is 5.23. The van der Waals surface area contributed by atoms with Crippen molar-refractivity contribution in [1.82, 2.24) is 14.3 Å². The van der Waals surface area contributed by atoms with Crippen LogP contribution < -0.4 is 19.6 Å². The molecular formula is C35H30N4O4S2. The number of esters is 1. The van der Waals surface area contributed by atoms with Crippen LogP contribution in [0.3, 0.4) is 0 Å². The predicted octanol–water partition coefficient (Wildman–Crippen LogP) is 5.55. The van der Waals surface area contributed by atoms with Crippen molar-refractivity contribution in [1.29, 1.82) is 0 Å². The summed E-state index contributed by atoms with van der Waals surface area (Å²) >= 11 is 2.90. The highest BCUT2D eigenvalue weighted by Gasteiger charge is 2.33. The Morgan fingerprint density at radius 3 is 2.47 bits per heavy atom. The van der Waals surface area contributed by atoms with Crippen LogP contribution in [-0.2, 0) is 9.53 Å². The summed E-state index contributed by atoms with van der Waals surface area (Å²) < 4.78 is 14.7. The van der Waals surface area contributed by atoms with Crippen LogP contribution in [0.25, 0.3) is 23.0 Å². The lowest BCUT2D eigenvalue weighted by Crippen LogP contribution is -2.39. The molecule has 0 radical (unpaired) electrons. The minimum atomic E-state index is -0.679. The molecule has 10 heteroatoms. The van der Waals surface area contributed by atoms with Gasteiger partial charge in [-0.15, -0.1) is 11.8 Å². The molecule has 6 rings (SSSR count). The lowest BCUT2D eigenvalue weighted by atomic mass is 9.96. The maximum absolute atomic E-state index is 14.2. The van der Waals surface area contributed by atoms with Gasteiger partial charge in [0.05, 0.1) is 34.6 Å². The second kappa shape index (κ2) is 13.0. The lowest BCUT2D eigenvalue weighted by molar-refractivity contribution is -0.136. The molecule has 1 atom stereocenters. The molecule has 2 aromatic heterocycles. The van der Waals surface area contributed by atoms with Gasteiger partial charge in [0.25, 0.3) is 5.56 Å². The van der Waals surface area contributed by atoms with Crippen molar-refractivity contribution in [2.24, 2.45) is 4.99 Å². The van der Waals surface area contributed by atoms with Crippen LogP contribution in [0.4, 0.5) is 0 Å². The van der Waals surface area contributed by atoms with Gasteiger partial charge in [-0.2, -0.15) is 5.10 Å². The van der Waals surface area contributed by atoms with Gasteiger partial charge >= 0.3 is 5.97 Å². The maximum atomic E-state index is 14.2. The summed E-state index contributed by atoms with van der Waals surface area (Å²) in [5.74, 6) is 0.203. The summed E-state index contributed by atoms with van der Waals surface area (Å²) in [7, 11) is 1.34. The standard InChI is InChI=1S/C35H30N4O4S2/c1-5-19-43-27-15-11-23(12-16-27)31-25(21-38(37-31)26-9-7-6-8-10-26)20-29-33(40)39-32(24-13-17-28(44-4)18-14-24)30(34(41)42-3)22(2)36-35(39)45-29/h5-18,20-21,32H,1,19H2,2-4H3. The topological polar surface area (TPSA) is 87.7 Å². The van der Waals surface area contributed by atoms with Crippen LogP contribution in [0.2, 0.25) is 0 Å². The Morgan fingerprint density at radius 1 is 1.07 bits per heavy atom. The van der Waals surface area contributed by atoms with E-state index in [0.29, 0.717) is 32.9 Å². The number of fused-ring (bicyclic) bond motifs is 1. The van der Waals surface area contributed by atoms with Crippen LogP contribution in [0.15, 0.2) is 124 Å². The second-order valence-corrected chi connectivity index (χ2v) is 12.1. The van der Waals surface area contributed by atoms with E-state index < -0.39 is 12.0 Å². The highest BCUT2D eigenvalue weighted by Crippen LogP contribution is 2.32. The highest BCUT2D eigenvalue weighted by atomic mass is 32.2. The summed E-state index contributed by atoms with van der Waals surface area (Å²) in [6.45, 7) is 5.89. The number of para-hydroxylation sites is 1. The molecule has 0 bridgehead atoms. The van der Waals surface area contributed by atoms with Crippen molar-refractivity contribution in [3.63, 3.8) is 0 Å². The van der Waals surface area contributed by atoms with Gasteiger partial charge in [0.1, 0.15) is 18.1 Å². The van der Waals surface area contributed by atoms with Crippen LogP contribution >= 0.6 is 23.1 Å². The quantitative estimate of drug-likeness (QED) is 0.120. The van der Waals surface area contributed by atoms with Gasteiger partial charge in [-0.1, -0.05) is 54.3 Å². The average molecular weight is 635 g/mol. The molecule has 1 unspecified atom stereocenters. The van der Waals surface area contributed by atoms with E-state index in [0.717, 1.165) is 33.0 Å². The number of benzene rings is 3. The van der Waals surface area contributed by atoms with Gasteiger partial charge in [-0.3, -0.25) is 9.36 Å². The molecule has 1 aliphatic heterocycles. The number of thiazole rings is 1. The van der Waals surface area contributed by atoms with Crippen molar-refractivity contribution in [3.05, 3.63) is 140 Å². The zero-order chi connectivity index (χ0) is 31.5. The van der Waals surface area contributed by atoms with Crippen molar-refractivity contribution < 1.29 is 14.3 Å². The first-order valence-electron chi connectivity index (χ1n) is 14.2. The monoisotopic (exact) mass is 634 g/mol.